The van der Waals surface area contributed by atoms with Crippen LogP contribution in [0.1, 0.15) is 79.0 Å². The largest absolute Gasteiger partial charge is 0.310 e. The first-order chi connectivity index (χ1) is 45.8. The third kappa shape index (κ3) is 11.5. The first-order valence-electron chi connectivity index (χ1n) is 33.2. The van der Waals surface area contributed by atoms with Crippen LogP contribution in [0.25, 0.3) is 89.0 Å². The second-order valence-electron chi connectivity index (χ2n) is 28.8. The Morgan fingerprint density at radius 2 is 0.495 bits per heavy atom. The summed E-state index contributed by atoms with van der Waals surface area (Å²) < 4.78 is 0. The van der Waals surface area contributed by atoms with Gasteiger partial charge in [-0.3, -0.25) is 0 Å². The number of benzene rings is 13. The Morgan fingerprint density at radius 3 is 0.768 bits per heavy atom. The molecule has 0 fully saturated rings. The maximum Gasteiger partial charge on any atom is 0.252 e. The zero-order valence-electron chi connectivity index (χ0n) is 55.4. The lowest BCUT2D eigenvalue weighted by atomic mass is 9.33. The smallest absolute Gasteiger partial charge is 0.252 e. The molecule has 95 heavy (non-hydrogen) atoms. The number of anilines is 6. The van der Waals surface area contributed by atoms with Crippen LogP contribution in [0.15, 0.2) is 291 Å². The topological polar surface area (TPSA) is 6.48 Å². The molecule has 13 aromatic carbocycles. The predicted molar refractivity (Wildman–Crippen MR) is 410 cm³/mol. The molecule has 15 rings (SSSR count). The van der Waals surface area contributed by atoms with Crippen molar-refractivity contribution in [3.8, 4) is 89.0 Å². The van der Waals surface area contributed by atoms with E-state index in [2.05, 4.69) is 363 Å². The molecule has 2 aliphatic heterocycles. The zero-order valence-corrected chi connectivity index (χ0v) is 57.0. The Labute approximate surface area is 571 Å². The fourth-order valence-corrected chi connectivity index (χ4v) is 14.7. The van der Waals surface area contributed by atoms with Crippen LogP contribution in [0.4, 0.5) is 34.1 Å². The number of halogens is 2. The highest BCUT2D eigenvalue weighted by Crippen LogP contribution is 2.56. The Kier molecular flexibility index (Phi) is 15.6. The van der Waals surface area contributed by atoms with Crippen LogP contribution in [0.2, 0.25) is 10.0 Å². The van der Waals surface area contributed by atoms with Crippen molar-refractivity contribution >= 4 is 80.4 Å². The quantitative estimate of drug-likeness (QED) is 0.126. The Hall–Kier alpha value is -9.90. The summed E-state index contributed by atoms with van der Waals surface area (Å²) in [6, 6.07) is 108. The van der Waals surface area contributed by atoms with Gasteiger partial charge in [0.25, 0.3) is 6.71 Å². The van der Waals surface area contributed by atoms with Crippen molar-refractivity contribution in [3.05, 3.63) is 318 Å². The summed E-state index contributed by atoms with van der Waals surface area (Å²) in [5, 5.41) is 1.32. The minimum absolute atomic E-state index is 0.236. The average Bonchev–Trinajstić information content (AvgIpc) is 0.688. The average molecular weight is 1270 g/mol. The molecule has 0 spiro atoms. The monoisotopic (exact) mass is 1260 g/mol. The lowest BCUT2D eigenvalue weighted by Crippen LogP contribution is -2.61. The van der Waals surface area contributed by atoms with Crippen LogP contribution in [-0.2, 0) is 16.2 Å². The molecule has 0 saturated carbocycles. The second kappa shape index (κ2) is 24.1. The molecule has 0 amide bonds. The van der Waals surface area contributed by atoms with E-state index in [1.165, 1.54) is 22.2 Å². The maximum absolute atomic E-state index is 7.54. The van der Waals surface area contributed by atoms with Gasteiger partial charge in [-0.25, -0.2) is 0 Å². The SMILES string of the molecule is CC(C)(C)c1cc(-c2cccc(-c3ccccc3)c2)c(N2c3cc(Cl)ccc3B3c4ccc(Cl)cc4N(c4c(-c5cccc(-c6ccccc6)c5)cc(C(C)(C)C)cc4-c4cccc(-c5ccccc5)c4)c4cc(C(C)(C)C)cc2c43)c(-c2cccc(-c3ccccc3)c2)c1. The molecule has 0 unspecified atom stereocenters. The van der Waals surface area contributed by atoms with Crippen LogP contribution < -0.4 is 26.2 Å². The van der Waals surface area contributed by atoms with Crippen molar-refractivity contribution in [1.29, 1.82) is 0 Å². The van der Waals surface area contributed by atoms with Crippen LogP contribution in [0, 0.1) is 0 Å². The van der Waals surface area contributed by atoms with E-state index >= 15 is 0 Å². The molecule has 0 aromatic heterocycles. The predicted octanol–water partition coefficient (Wildman–Crippen LogP) is 24.3. The number of fused-ring (bicyclic) bond motifs is 4. The van der Waals surface area contributed by atoms with Gasteiger partial charge in [-0.1, -0.05) is 292 Å². The van der Waals surface area contributed by atoms with E-state index in [9.17, 15) is 0 Å². The Bertz CT molecular complexity index is 4580. The van der Waals surface area contributed by atoms with Gasteiger partial charge < -0.3 is 9.80 Å². The standard InChI is InChI=1S/C90H75BCl2N2/c1-88(2,3)70-50-75(66-38-22-34-62(46-66)58-26-14-10-15-27-58)86(76(51-70)67-39-23-35-63(47-67)59-28-16-11-17-29-59)94-81-56-73(92)42-44-79(81)91-80-45-43-74(93)57-82(80)95(84-55-72(90(7,8)9)54-83(94)85(84)91)87-77(68-40-24-36-64(48-68)60-30-18-12-19-31-60)52-71(89(4,5)6)53-78(87)69-41-25-37-65(49-69)61-32-20-13-21-33-61/h10-57H,1-9H3. The number of rotatable bonds is 10. The highest BCUT2D eigenvalue weighted by atomic mass is 35.5. The van der Waals surface area contributed by atoms with E-state index in [1.54, 1.807) is 0 Å². The summed E-state index contributed by atoms with van der Waals surface area (Å²) in [7, 11) is 0. The molecular formula is C90H75BCl2N2. The van der Waals surface area contributed by atoms with Crippen molar-refractivity contribution in [2.24, 2.45) is 0 Å². The van der Waals surface area contributed by atoms with Crippen molar-refractivity contribution in [1.82, 2.24) is 0 Å². The highest BCUT2D eigenvalue weighted by Gasteiger charge is 2.46. The highest BCUT2D eigenvalue weighted by molar-refractivity contribution is 7.00. The van der Waals surface area contributed by atoms with Crippen molar-refractivity contribution in [2.75, 3.05) is 9.80 Å². The molecule has 0 saturated heterocycles. The molecule has 2 nitrogen and oxygen atoms in total. The zero-order chi connectivity index (χ0) is 65.5. The fourth-order valence-electron chi connectivity index (χ4n) is 14.3. The first kappa shape index (κ1) is 61.3. The van der Waals surface area contributed by atoms with Gasteiger partial charge in [0.1, 0.15) is 0 Å². The molecule has 462 valence electrons. The van der Waals surface area contributed by atoms with Crippen molar-refractivity contribution in [3.63, 3.8) is 0 Å². The number of hydrogen-bond acceptors (Lipinski definition) is 2. The molecule has 0 aliphatic carbocycles. The second-order valence-corrected chi connectivity index (χ2v) is 29.7. The van der Waals surface area contributed by atoms with Crippen LogP contribution in [0.3, 0.4) is 0 Å². The third-order valence-corrected chi connectivity index (χ3v) is 19.9. The van der Waals surface area contributed by atoms with Gasteiger partial charge in [0.2, 0.25) is 0 Å². The van der Waals surface area contributed by atoms with E-state index in [0.29, 0.717) is 10.0 Å². The van der Waals surface area contributed by atoms with Gasteiger partial charge >= 0.3 is 0 Å². The van der Waals surface area contributed by atoms with Gasteiger partial charge in [-0.15, -0.1) is 0 Å². The summed E-state index contributed by atoms with van der Waals surface area (Å²) in [5.74, 6) is 0. The Balaban J connectivity index is 1.10. The first-order valence-corrected chi connectivity index (χ1v) is 34.0. The molecule has 0 bridgehead atoms. The lowest BCUT2D eigenvalue weighted by Gasteiger charge is -2.46. The van der Waals surface area contributed by atoms with E-state index in [-0.39, 0.29) is 23.0 Å². The molecular weight excluding hydrogens is 1190 g/mol. The van der Waals surface area contributed by atoms with Gasteiger partial charge in [-0.05, 0) is 201 Å². The van der Waals surface area contributed by atoms with E-state index < -0.39 is 0 Å². The molecule has 0 atom stereocenters. The van der Waals surface area contributed by atoms with Gasteiger partial charge in [-0.2, -0.15) is 0 Å². The molecule has 5 heteroatoms. The van der Waals surface area contributed by atoms with Crippen LogP contribution in [0.5, 0.6) is 0 Å². The maximum atomic E-state index is 7.54. The molecule has 0 N–H and O–H groups in total. The minimum Gasteiger partial charge on any atom is -0.310 e. The number of nitrogens with zero attached hydrogens (tertiary/aromatic N) is 2. The summed E-state index contributed by atoms with van der Waals surface area (Å²) >= 11 is 15.1. The van der Waals surface area contributed by atoms with E-state index in [4.69, 9.17) is 23.2 Å². The molecule has 13 aromatic rings. The number of hydrogen-bond donors (Lipinski definition) is 0. The van der Waals surface area contributed by atoms with Crippen LogP contribution >= 0.6 is 23.2 Å². The lowest BCUT2D eigenvalue weighted by molar-refractivity contribution is 0.590. The third-order valence-electron chi connectivity index (χ3n) is 19.4. The van der Waals surface area contributed by atoms with Gasteiger partial charge in [0.15, 0.2) is 0 Å². The Morgan fingerprint density at radius 1 is 0.242 bits per heavy atom. The van der Waals surface area contributed by atoms with Crippen LogP contribution in [-0.4, -0.2) is 6.71 Å². The fraction of sp³-hybridized carbons (Fsp3) is 0.133. The molecule has 2 heterocycles. The van der Waals surface area contributed by atoms with Crippen molar-refractivity contribution < 1.29 is 0 Å². The molecule has 0 radical (unpaired) electrons. The minimum atomic E-state index is -0.340. The van der Waals surface area contributed by atoms with E-state index in [1.807, 2.05) is 0 Å². The summed E-state index contributed by atoms with van der Waals surface area (Å²) in [5.41, 5.74) is 30.9. The summed E-state index contributed by atoms with van der Waals surface area (Å²) in [6.07, 6.45) is 0. The normalized spacial score (nSPS) is 12.7. The van der Waals surface area contributed by atoms with E-state index in [0.717, 1.165) is 134 Å². The van der Waals surface area contributed by atoms with Crippen molar-refractivity contribution in [2.45, 2.75) is 78.6 Å². The molecule has 2 aliphatic rings. The van der Waals surface area contributed by atoms with Gasteiger partial charge in [0.05, 0.1) is 11.4 Å². The summed E-state index contributed by atoms with van der Waals surface area (Å²) in [6.45, 7) is 20.8. The van der Waals surface area contributed by atoms with Gasteiger partial charge in [0, 0.05) is 55.0 Å². The summed E-state index contributed by atoms with van der Waals surface area (Å²) in [4.78, 5) is 5.23.